The number of hydrogen-bond acceptors (Lipinski definition) is 6. The fourth-order valence-corrected chi connectivity index (χ4v) is 5.80. The number of hydrogen-bond donors (Lipinski definition) is 1. The van der Waals surface area contributed by atoms with Crippen LogP contribution in [0.1, 0.15) is 29.5 Å². The Morgan fingerprint density at radius 2 is 1.56 bits per heavy atom. The molecule has 5 aromatic rings. The molecule has 1 N–H and O–H groups in total. The molecule has 2 aromatic heterocycles. The summed E-state index contributed by atoms with van der Waals surface area (Å²) in [6.45, 7) is 10.3. The number of nitrogens with one attached hydrogen (secondary N) is 1. The Morgan fingerprint density at radius 1 is 0.822 bits per heavy atom. The number of piperazine rings is 1. The second kappa shape index (κ2) is 13.9. The lowest BCUT2D eigenvalue weighted by molar-refractivity contribution is -0.137. The van der Waals surface area contributed by atoms with Crippen LogP contribution in [0.5, 0.6) is 0 Å². The van der Waals surface area contributed by atoms with E-state index < -0.39 is 11.7 Å². The zero-order valence-corrected chi connectivity index (χ0v) is 26.2. The SMILES string of the molecule is Cc1cccc(N2CCN(CCCCNc3ncnc4c3nc(-c3ccccc3)n4-c3ccc(C(F)(F)F)cc3)CC2)c1C.Cl. The van der Waals surface area contributed by atoms with Gasteiger partial charge in [-0.1, -0.05) is 42.5 Å². The van der Waals surface area contributed by atoms with Gasteiger partial charge in [0.05, 0.1) is 5.56 Å². The van der Waals surface area contributed by atoms with Crippen LogP contribution < -0.4 is 10.2 Å². The van der Waals surface area contributed by atoms with Crippen LogP contribution in [0.15, 0.2) is 79.1 Å². The van der Waals surface area contributed by atoms with Crippen molar-refractivity contribution in [3.8, 4) is 17.1 Å². The Morgan fingerprint density at radius 3 is 2.27 bits per heavy atom. The van der Waals surface area contributed by atoms with Crippen molar-refractivity contribution in [1.29, 1.82) is 0 Å². The summed E-state index contributed by atoms with van der Waals surface area (Å²) < 4.78 is 41.5. The van der Waals surface area contributed by atoms with E-state index in [0.717, 1.165) is 69.8 Å². The molecule has 0 spiro atoms. The molecule has 7 nitrogen and oxygen atoms in total. The van der Waals surface area contributed by atoms with Crippen molar-refractivity contribution in [2.75, 3.05) is 49.5 Å². The van der Waals surface area contributed by atoms with Crippen LogP contribution in [0, 0.1) is 13.8 Å². The minimum Gasteiger partial charge on any atom is -0.369 e. The monoisotopic (exact) mass is 635 g/mol. The lowest BCUT2D eigenvalue weighted by Gasteiger charge is -2.37. The molecule has 0 amide bonds. The molecular formula is C34H37ClF3N7. The molecule has 45 heavy (non-hydrogen) atoms. The average Bonchev–Trinajstić information content (AvgIpc) is 3.43. The summed E-state index contributed by atoms with van der Waals surface area (Å²) in [5, 5.41) is 3.44. The van der Waals surface area contributed by atoms with Crippen molar-refractivity contribution >= 4 is 35.1 Å². The maximum absolute atomic E-state index is 13.2. The summed E-state index contributed by atoms with van der Waals surface area (Å²) in [4.78, 5) is 18.9. The van der Waals surface area contributed by atoms with Gasteiger partial charge in [0.1, 0.15) is 12.2 Å². The zero-order chi connectivity index (χ0) is 30.7. The van der Waals surface area contributed by atoms with Crippen LogP contribution in [0.3, 0.4) is 0 Å². The van der Waals surface area contributed by atoms with E-state index in [1.54, 1.807) is 4.57 Å². The van der Waals surface area contributed by atoms with E-state index in [2.05, 4.69) is 57.1 Å². The first kappa shape index (κ1) is 32.2. The van der Waals surface area contributed by atoms with Gasteiger partial charge in [0.25, 0.3) is 0 Å². The van der Waals surface area contributed by atoms with E-state index in [4.69, 9.17) is 4.98 Å². The van der Waals surface area contributed by atoms with E-state index in [0.29, 0.717) is 28.5 Å². The van der Waals surface area contributed by atoms with Gasteiger partial charge >= 0.3 is 6.18 Å². The van der Waals surface area contributed by atoms with Crippen LogP contribution >= 0.6 is 12.4 Å². The molecule has 6 rings (SSSR count). The second-order valence-electron chi connectivity index (χ2n) is 11.3. The number of aryl methyl sites for hydroxylation is 1. The summed E-state index contributed by atoms with van der Waals surface area (Å²) in [5.74, 6) is 1.20. The molecule has 3 heterocycles. The van der Waals surface area contributed by atoms with Gasteiger partial charge in [-0.05, 0) is 74.7 Å². The fraction of sp³-hybridized carbons (Fsp3) is 0.324. The zero-order valence-electron chi connectivity index (χ0n) is 25.4. The first-order chi connectivity index (χ1) is 21.3. The highest BCUT2D eigenvalue weighted by atomic mass is 35.5. The number of aromatic nitrogens is 4. The van der Waals surface area contributed by atoms with Crippen molar-refractivity contribution in [2.45, 2.75) is 32.9 Å². The van der Waals surface area contributed by atoms with Crippen LogP contribution in [0.2, 0.25) is 0 Å². The molecule has 11 heteroatoms. The molecule has 0 atom stereocenters. The van der Waals surface area contributed by atoms with Crippen molar-refractivity contribution < 1.29 is 13.2 Å². The van der Waals surface area contributed by atoms with Crippen molar-refractivity contribution in [1.82, 2.24) is 24.4 Å². The van der Waals surface area contributed by atoms with Crippen molar-refractivity contribution in [2.24, 2.45) is 0 Å². The predicted molar refractivity (Wildman–Crippen MR) is 177 cm³/mol. The number of benzene rings is 3. The van der Waals surface area contributed by atoms with Gasteiger partial charge in [0.15, 0.2) is 17.0 Å². The van der Waals surface area contributed by atoms with Crippen molar-refractivity contribution in [3.63, 3.8) is 0 Å². The number of nitrogens with zero attached hydrogens (tertiary/aromatic N) is 6. The van der Waals surface area contributed by atoms with Crippen LogP contribution in [-0.2, 0) is 6.18 Å². The van der Waals surface area contributed by atoms with E-state index in [1.165, 1.54) is 35.3 Å². The highest BCUT2D eigenvalue weighted by molar-refractivity contribution is 5.88. The lowest BCUT2D eigenvalue weighted by Crippen LogP contribution is -2.46. The molecule has 0 saturated carbocycles. The smallest absolute Gasteiger partial charge is 0.369 e. The summed E-state index contributed by atoms with van der Waals surface area (Å²) in [7, 11) is 0. The van der Waals surface area contributed by atoms with E-state index >= 15 is 0 Å². The number of fused-ring (bicyclic) bond motifs is 1. The van der Waals surface area contributed by atoms with Crippen LogP contribution in [-0.4, -0.2) is 63.7 Å². The highest BCUT2D eigenvalue weighted by Gasteiger charge is 2.30. The molecule has 1 fully saturated rings. The standard InChI is InChI=1S/C34H36F3N7.ClH/c1-24-9-8-12-29(25(24)2)43-21-19-42(20-22-43)18-7-6-17-38-31-30-33(40-23-39-31)44(32(41-30)26-10-4-3-5-11-26)28-15-13-27(14-16-28)34(35,36)37;/h3-5,8-16,23H,6-7,17-22H2,1-2H3,(H,38,39,40);1H. The van der Waals surface area contributed by atoms with Crippen LogP contribution in [0.25, 0.3) is 28.2 Å². The minimum absolute atomic E-state index is 0. The van der Waals surface area contributed by atoms with Crippen molar-refractivity contribution in [3.05, 3.63) is 95.8 Å². The molecule has 1 aliphatic rings. The Hall–Kier alpha value is -4.15. The normalized spacial score (nSPS) is 14.0. The molecule has 0 bridgehead atoms. The van der Waals surface area contributed by atoms with Gasteiger partial charge < -0.3 is 10.2 Å². The van der Waals surface area contributed by atoms with Gasteiger partial charge in [0, 0.05) is 49.7 Å². The van der Waals surface area contributed by atoms with E-state index in [9.17, 15) is 13.2 Å². The molecule has 0 aliphatic carbocycles. The molecular weight excluding hydrogens is 599 g/mol. The highest BCUT2D eigenvalue weighted by Crippen LogP contribution is 2.33. The topological polar surface area (TPSA) is 62.1 Å². The third-order valence-electron chi connectivity index (χ3n) is 8.41. The number of rotatable bonds is 9. The van der Waals surface area contributed by atoms with Gasteiger partial charge in [-0.25, -0.2) is 15.0 Å². The number of anilines is 2. The van der Waals surface area contributed by atoms with Gasteiger partial charge in [0.2, 0.25) is 0 Å². The molecule has 236 valence electrons. The fourth-order valence-electron chi connectivity index (χ4n) is 5.80. The quantitative estimate of drug-likeness (QED) is 0.169. The van der Waals surface area contributed by atoms with Crippen LogP contribution in [0.4, 0.5) is 24.7 Å². The van der Waals surface area contributed by atoms with E-state index in [1.807, 2.05) is 30.3 Å². The summed E-state index contributed by atoms with van der Waals surface area (Å²) >= 11 is 0. The second-order valence-corrected chi connectivity index (χ2v) is 11.3. The maximum atomic E-state index is 13.2. The molecule has 1 saturated heterocycles. The lowest BCUT2D eigenvalue weighted by atomic mass is 10.1. The maximum Gasteiger partial charge on any atom is 0.416 e. The first-order valence-electron chi connectivity index (χ1n) is 15.0. The largest absolute Gasteiger partial charge is 0.416 e. The summed E-state index contributed by atoms with van der Waals surface area (Å²) in [6, 6.07) is 21.2. The molecule has 1 aliphatic heterocycles. The Labute approximate surface area is 267 Å². The molecule has 0 unspecified atom stereocenters. The Bertz CT molecular complexity index is 1710. The minimum atomic E-state index is -4.41. The van der Waals surface area contributed by atoms with Gasteiger partial charge in [-0.15, -0.1) is 12.4 Å². The molecule has 3 aromatic carbocycles. The Kier molecular flexibility index (Phi) is 9.94. The first-order valence-corrected chi connectivity index (χ1v) is 15.0. The van der Waals surface area contributed by atoms with Gasteiger partial charge in [-0.2, -0.15) is 13.2 Å². The number of halogens is 4. The van der Waals surface area contributed by atoms with Gasteiger partial charge in [-0.3, -0.25) is 9.47 Å². The number of unbranched alkanes of at least 4 members (excludes halogenated alkanes) is 1. The van der Waals surface area contributed by atoms with E-state index in [-0.39, 0.29) is 12.4 Å². The molecule has 0 radical (unpaired) electrons. The third kappa shape index (κ3) is 7.07. The average molecular weight is 636 g/mol. The Balaban J connectivity index is 0.00000400. The number of imidazole rings is 1. The summed E-state index contributed by atoms with van der Waals surface area (Å²) in [6.07, 6.45) is -0.920. The summed E-state index contributed by atoms with van der Waals surface area (Å²) in [5.41, 5.74) is 5.83. The number of alkyl halides is 3. The third-order valence-corrected chi connectivity index (χ3v) is 8.41. The predicted octanol–water partition coefficient (Wildman–Crippen LogP) is 7.55.